The number of nitrogens with one attached hydrogen (secondary N) is 1. The maximum absolute atomic E-state index is 12.7. The smallest absolute Gasteiger partial charge is 0.325 e. The molecule has 3 rings (SSSR count). The van der Waals surface area contributed by atoms with E-state index in [1.165, 1.54) is 29.2 Å². The number of nitrogens with zero attached hydrogens (tertiary/aromatic N) is 2. The molecule has 0 aromatic heterocycles. The maximum atomic E-state index is 12.7. The standard InChI is InChI=1S/C25H27N3O9/c1-2-35-22(30)13-12-20-24(26-21(29)16-36-19-6-4-3-5-7-19)25(32)27(20)14-23(31)37-15-17-8-10-18(11-9-17)28(33)34/h3-11,20,24H,2,12-16H2,1H3,(H,26,29)/t20-,24+/m1/s1. The molecule has 1 aliphatic heterocycles. The van der Waals surface area contributed by atoms with Gasteiger partial charge in [0.05, 0.1) is 17.6 Å². The Balaban J connectivity index is 1.55. The summed E-state index contributed by atoms with van der Waals surface area (Å²) in [5.41, 5.74) is 0.448. The molecule has 0 saturated carbocycles. The van der Waals surface area contributed by atoms with Gasteiger partial charge in [-0.25, -0.2) is 0 Å². The van der Waals surface area contributed by atoms with E-state index < -0.39 is 40.8 Å². The highest BCUT2D eigenvalue weighted by Gasteiger charge is 2.48. The van der Waals surface area contributed by atoms with E-state index >= 15 is 0 Å². The van der Waals surface area contributed by atoms with Crippen molar-refractivity contribution in [1.82, 2.24) is 10.2 Å². The summed E-state index contributed by atoms with van der Waals surface area (Å²) in [6, 6.07) is 12.7. The van der Waals surface area contributed by atoms with Crippen molar-refractivity contribution in [2.45, 2.75) is 38.5 Å². The molecule has 0 unspecified atom stereocenters. The molecule has 1 aliphatic rings. The van der Waals surface area contributed by atoms with Crippen molar-refractivity contribution in [3.63, 3.8) is 0 Å². The molecule has 0 bridgehead atoms. The summed E-state index contributed by atoms with van der Waals surface area (Å²) in [7, 11) is 0. The van der Waals surface area contributed by atoms with Gasteiger partial charge >= 0.3 is 11.9 Å². The van der Waals surface area contributed by atoms with E-state index in [-0.39, 0.29) is 44.9 Å². The van der Waals surface area contributed by atoms with E-state index in [0.29, 0.717) is 11.3 Å². The molecule has 196 valence electrons. The molecular formula is C25H27N3O9. The number of para-hydroxylation sites is 1. The maximum Gasteiger partial charge on any atom is 0.325 e. The van der Waals surface area contributed by atoms with Gasteiger partial charge in [-0.15, -0.1) is 0 Å². The molecule has 2 aromatic rings. The fourth-order valence-electron chi connectivity index (χ4n) is 3.72. The Kier molecular flexibility index (Phi) is 9.53. The van der Waals surface area contributed by atoms with E-state index in [4.69, 9.17) is 14.2 Å². The first kappa shape index (κ1) is 27.1. The van der Waals surface area contributed by atoms with Crippen LogP contribution in [-0.2, 0) is 35.3 Å². The Morgan fingerprint density at radius 2 is 1.73 bits per heavy atom. The van der Waals surface area contributed by atoms with Crippen molar-refractivity contribution in [3.05, 3.63) is 70.3 Å². The van der Waals surface area contributed by atoms with Crippen LogP contribution in [0.2, 0.25) is 0 Å². The highest BCUT2D eigenvalue weighted by molar-refractivity contribution is 5.96. The zero-order chi connectivity index (χ0) is 26.8. The van der Waals surface area contributed by atoms with Crippen LogP contribution in [0.3, 0.4) is 0 Å². The SMILES string of the molecule is CCOC(=O)CC[C@@H]1[C@H](NC(=O)COc2ccccc2)C(=O)N1CC(=O)OCc1ccc([N+](=O)[O-])cc1. The number of hydrogen-bond acceptors (Lipinski definition) is 9. The van der Waals surface area contributed by atoms with Gasteiger partial charge in [-0.05, 0) is 43.2 Å². The highest BCUT2D eigenvalue weighted by atomic mass is 16.6. The summed E-state index contributed by atoms with van der Waals surface area (Å²) < 4.78 is 15.5. The van der Waals surface area contributed by atoms with Crippen molar-refractivity contribution in [2.24, 2.45) is 0 Å². The van der Waals surface area contributed by atoms with Crippen LogP contribution in [0.15, 0.2) is 54.6 Å². The minimum Gasteiger partial charge on any atom is -0.484 e. The summed E-state index contributed by atoms with van der Waals surface area (Å²) in [5.74, 6) is -1.68. The van der Waals surface area contributed by atoms with Gasteiger partial charge in [0, 0.05) is 18.6 Å². The van der Waals surface area contributed by atoms with Crippen LogP contribution in [0.5, 0.6) is 5.75 Å². The number of ether oxygens (including phenoxy) is 3. The summed E-state index contributed by atoms with van der Waals surface area (Å²) in [5, 5.41) is 13.4. The molecule has 1 N–H and O–H groups in total. The van der Waals surface area contributed by atoms with Crippen LogP contribution < -0.4 is 10.1 Å². The largest absolute Gasteiger partial charge is 0.484 e. The van der Waals surface area contributed by atoms with Crippen LogP contribution in [-0.4, -0.2) is 65.4 Å². The second-order valence-electron chi connectivity index (χ2n) is 8.11. The van der Waals surface area contributed by atoms with Gasteiger partial charge in [-0.3, -0.25) is 29.3 Å². The quantitative estimate of drug-likeness (QED) is 0.183. The average molecular weight is 514 g/mol. The van der Waals surface area contributed by atoms with Crippen molar-refractivity contribution >= 4 is 29.4 Å². The Labute approximate surface area is 212 Å². The monoisotopic (exact) mass is 513 g/mol. The third-order valence-corrected chi connectivity index (χ3v) is 5.56. The lowest BCUT2D eigenvalue weighted by atomic mass is 9.90. The number of nitro groups is 1. The number of rotatable bonds is 13. The number of likely N-dealkylation sites (tertiary alicyclic amines) is 1. The zero-order valence-electron chi connectivity index (χ0n) is 20.2. The number of carbonyl (C=O) groups is 4. The first-order valence-corrected chi connectivity index (χ1v) is 11.6. The molecule has 12 nitrogen and oxygen atoms in total. The lowest BCUT2D eigenvalue weighted by Gasteiger charge is -2.46. The Bertz CT molecular complexity index is 1120. The predicted octanol–water partition coefficient (Wildman–Crippen LogP) is 1.76. The van der Waals surface area contributed by atoms with Gasteiger partial charge in [0.1, 0.15) is 24.9 Å². The molecule has 12 heteroatoms. The number of amides is 2. The molecule has 2 amide bonds. The Morgan fingerprint density at radius 3 is 2.38 bits per heavy atom. The number of hydrogen-bond donors (Lipinski definition) is 1. The zero-order valence-corrected chi connectivity index (χ0v) is 20.2. The van der Waals surface area contributed by atoms with Crippen molar-refractivity contribution in [2.75, 3.05) is 19.8 Å². The van der Waals surface area contributed by atoms with E-state index in [1.54, 1.807) is 37.3 Å². The number of β-lactam (4-membered cyclic amide) rings is 1. The van der Waals surface area contributed by atoms with Crippen LogP contribution in [0, 0.1) is 10.1 Å². The summed E-state index contributed by atoms with van der Waals surface area (Å²) in [6.07, 6.45) is 0.164. The van der Waals surface area contributed by atoms with Gasteiger partial charge in [-0.2, -0.15) is 0 Å². The molecule has 2 aromatic carbocycles. The normalized spacial score (nSPS) is 16.4. The molecule has 2 atom stereocenters. The first-order valence-electron chi connectivity index (χ1n) is 11.6. The van der Waals surface area contributed by atoms with E-state index in [1.807, 2.05) is 0 Å². The molecule has 0 aliphatic carbocycles. The lowest BCUT2D eigenvalue weighted by Crippen LogP contribution is -2.71. The number of nitro benzene ring substituents is 1. The highest BCUT2D eigenvalue weighted by Crippen LogP contribution is 2.25. The average Bonchev–Trinajstić information content (AvgIpc) is 2.90. The number of benzene rings is 2. The Morgan fingerprint density at radius 1 is 1.03 bits per heavy atom. The van der Waals surface area contributed by atoms with Gasteiger partial charge in [0.25, 0.3) is 11.6 Å². The van der Waals surface area contributed by atoms with Gasteiger partial charge in [0.15, 0.2) is 6.61 Å². The van der Waals surface area contributed by atoms with Crippen molar-refractivity contribution < 1.29 is 38.3 Å². The van der Waals surface area contributed by atoms with Crippen LogP contribution in [0.1, 0.15) is 25.3 Å². The first-order chi connectivity index (χ1) is 17.8. The number of carbonyl (C=O) groups excluding carboxylic acids is 4. The summed E-state index contributed by atoms with van der Waals surface area (Å²) in [6.45, 7) is 1.05. The summed E-state index contributed by atoms with van der Waals surface area (Å²) in [4.78, 5) is 60.8. The fraction of sp³-hybridized carbons (Fsp3) is 0.360. The van der Waals surface area contributed by atoms with Crippen LogP contribution in [0.4, 0.5) is 5.69 Å². The number of non-ortho nitro benzene ring substituents is 1. The van der Waals surface area contributed by atoms with E-state index in [0.717, 1.165) is 0 Å². The van der Waals surface area contributed by atoms with Crippen LogP contribution >= 0.6 is 0 Å². The predicted molar refractivity (Wildman–Crippen MR) is 128 cm³/mol. The minimum absolute atomic E-state index is 0.00693. The molecule has 37 heavy (non-hydrogen) atoms. The van der Waals surface area contributed by atoms with E-state index in [2.05, 4.69) is 5.32 Å². The molecule has 1 saturated heterocycles. The van der Waals surface area contributed by atoms with E-state index in [9.17, 15) is 29.3 Å². The third-order valence-electron chi connectivity index (χ3n) is 5.56. The molecular weight excluding hydrogens is 486 g/mol. The molecule has 0 radical (unpaired) electrons. The molecule has 0 spiro atoms. The lowest BCUT2D eigenvalue weighted by molar-refractivity contribution is -0.384. The number of esters is 2. The molecule has 1 fully saturated rings. The van der Waals surface area contributed by atoms with Crippen LogP contribution in [0.25, 0.3) is 0 Å². The van der Waals surface area contributed by atoms with Crippen molar-refractivity contribution in [3.8, 4) is 5.75 Å². The second-order valence-corrected chi connectivity index (χ2v) is 8.11. The fourth-order valence-corrected chi connectivity index (χ4v) is 3.72. The summed E-state index contributed by atoms with van der Waals surface area (Å²) >= 11 is 0. The minimum atomic E-state index is -0.927. The molecule has 1 heterocycles. The third kappa shape index (κ3) is 7.75. The van der Waals surface area contributed by atoms with Crippen molar-refractivity contribution in [1.29, 1.82) is 0 Å². The van der Waals surface area contributed by atoms with Gasteiger partial charge in [-0.1, -0.05) is 18.2 Å². The Hall–Kier alpha value is -4.48. The van der Waals surface area contributed by atoms with Gasteiger partial charge in [0.2, 0.25) is 5.91 Å². The second kappa shape index (κ2) is 13.0. The topological polar surface area (TPSA) is 154 Å². The van der Waals surface area contributed by atoms with Gasteiger partial charge < -0.3 is 24.4 Å².